The molecule has 3 rings (SSSR count). The van der Waals surface area contributed by atoms with E-state index in [0.717, 1.165) is 19.4 Å². The summed E-state index contributed by atoms with van der Waals surface area (Å²) >= 11 is 0. The van der Waals surface area contributed by atoms with E-state index >= 15 is 0 Å². The summed E-state index contributed by atoms with van der Waals surface area (Å²) in [5, 5.41) is 12.9. The molecule has 0 heterocycles. The van der Waals surface area contributed by atoms with Crippen molar-refractivity contribution in [1.29, 1.82) is 0 Å². The number of nitrogens with one attached hydrogen (secondary N) is 1. The molecule has 0 radical (unpaired) electrons. The molecule has 2 aromatic rings. The molecule has 0 bridgehead atoms. The second-order valence-corrected chi connectivity index (χ2v) is 6.11. The topological polar surface area (TPSA) is 32.3 Å². The fourth-order valence-corrected chi connectivity index (χ4v) is 3.04. The first-order valence-electron chi connectivity index (χ1n) is 7.81. The Balaban J connectivity index is 1.41. The Hall–Kier alpha value is -1.80. The van der Waals surface area contributed by atoms with Crippen molar-refractivity contribution < 1.29 is 5.11 Å². The first-order valence-corrected chi connectivity index (χ1v) is 7.81. The van der Waals surface area contributed by atoms with Gasteiger partial charge in [0.15, 0.2) is 0 Å². The van der Waals surface area contributed by atoms with Gasteiger partial charge in [0.05, 0.1) is 0 Å². The molecular formula is C19H23NO. The maximum atomic E-state index is 9.28. The minimum Gasteiger partial charge on any atom is -0.508 e. The van der Waals surface area contributed by atoms with Gasteiger partial charge in [-0.05, 0) is 55.0 Å². The number of phenols is 1. The molecule has 2 atom stereocenters. The summed E-state index contributed by atoms with van der Waals surface area (Å²) in [7, 11) is 0. The number of aromatic hydroxyl groups is 1. The van der Waals surface area contributed by atoms with Gasteiger partial charge in [0, 0.05) is 18.5 Å². The normalized spacial score (nSPS) is 17.9. The first-order chi connectivity index (χ1) is 10.2. The second-order valence-electron chi connectivity index (χ2n) is 6.11. The van der Waals surface area contributed by atoms with Crippen molar-refractivity contribution in [2.24, 2.45) is 0 Å². The highest BCUT2D eigenvalue weighted by molar-refractivity contribution is 5.40. The molecule has 0 fully saturated rings. The quantitative estimate of drug-likeness (QED) is 0.847. The standard InChI is InChI=1S/C19H23NO/c1-14(6-7-15-8-10-18(21)11-9-15)20-13-17-12-16-4-2-3-5-19(16)17/h2-5,8-11,14,17,20-21H,6-7,12-13H2,1H3. The lowest BCUT2D eigenvalue weighted by Crippen LogP contribution is -2.34. The monoisotopic (exact) mass is 281 g/mol. The van der Waals surface area contributed by atoms with E-state index in [1.165, 1.54) is 23.1 Å². The Morgan fingerprint density at radius 2 is 1.90 bits per heavy atom. The van der Waals surface area contributed by atoms with Crippen LogP contribution in [0.5, 0.6) is 5.75 Å². The minimum absolute atomic E-state index is 0.341. The van der Waals surface area contributed by atoms with E-state index in [1.807, 2.05) is 12.1 Å². The Morgan fingerprint density at radius 3 is 2.67 bits per heavy atom. The molecule has 1 aliphatic rings. The zero-order valence-corrected chi connectivity index (χ0v) is 12.5. The van der Waals surface area contributed by atoms with Crippen LogP contribution in [-0.4, -0.2) is 17.7 Å². The van der Waals surface area contributed by atoms with Gasteiger partial charge in [0.2, 0.25) is 0 Å². The van der Waals surface area contributed by atoms with Gasteiger partial charge in [-0.25, -0.2) is 0 Å². The number of hydrogen-bond acceptors (Lipinski definition) is 2. The van der Waals surface area contributed by atoms with Crippen molar-refractivity contribution in [1.82, 2.24) is 5.32 Å². The van der Waals surface area contributed by atoms with Crippen molar-refractivity contribution in [2.75, 3.05) is 6.54 Å². The van der Waals surface area contributed by atoms with E-state index in [0.29, 0.717) is 17.7 Å². The smallest absolute Gasteiger partial charge is 0.115 e. The molecule has 2 aromatic carbocycles. The maximum absolute atomic E-state index is 9.28. The highest BCUT2D eigenvalue weighted by Gasteiger charge is 2.25. The van der Waals surface area contributed by atoms with Gasteiger partial charge in [-0.2, -0.15) is 0 Å². The summed E-state index contributed by atoms with van der Waals surface area (Å²) < 4.78 is 0. The molecule has 2 unspecified atom stereocenters. The summed E-state index contributed by atoms with van der Waals surface area (Å²) in [5.41, 5.74) is 4.33. The predicted octanol–water partition coefficient (Wildman–Crippen LogP) is 3.64. The highest BCUT2D eigenvalue weighted by Crippen LogP contribution is 2.34. The maximum Gasteiger partial charge on any atom is 0.115 e. The molecule has 21 heavy (non-hydrogen) atoms. The summed E-state index contributed by atoms with van der Waals surface area (Å²) in [6.07, 6.45) is 3.39. The Labute approximate surface area is 126 Å². The molecule has 0 saturated carbocycles. The number of hydrogen-bond donors (Lipinski definition) is 2. The number of aryl methyl sites for hydroxylation is 1. The van der Waals surface area contributed by atoms with Crippen molar-refractivity contribution in [3.05, 3.63) is 65.2 Å². The number of benzene rings is 2. The van der Waals surface area contributed by atoms with Crippen LogP contribution in [0.2, 0.25) is 0 Å². The Bertz CT molecular complexity index is 591. The van der Waals surface area contributed by atoms with Crippen molar-refractivity contribution in [2.45, 2.75) is 38.1 Å². The van der Waals surface area contributed by atoms with Gasteiger partial charge in [-0.1, -0.05) is 36.4 Å². The molecule has 2 heteroatoms. The highest BCUT2D eigenvalue weighted by atomic mass is 16.3. The van der Waals surface area contributed by atoms with Crippen LogP contribution in [0.4, 0.5) is 0 Å². The van der Waals surface area contributed by atoms with E-state index in [9.17, 15) is 5.11 Å². The van der Waals surface area contributed by atoms with E-state index in [2.05, 4.69) is 36.5 Å². The van der Waals surface area contributed by atoms with Gasteiger partial charge in [-0.15, -0.1) is 0 Å². The van der Waals surface area contributed by atoms with Crippen LogP contribution in [0.25, 0.3) is 0 Å². The summed E-state index contributed by atoms with van der Waals surface area (Å²) in [6, 6.07) is 16.8. The number of phenolic OH excluding ortho intramolecular Hbond substituents is 1. The van der Waals surface area contributed by atoms with E-state index in [-0.39, 0.29) is 0 Å². The number of rotatable bonds is 6. The van der Waals surface area contributed by atoms with Crippen LogP contribution in [-0.2, 0) is 12.8 Å². The molecule has 0 amide bonds. The van der Waals surface area contributed by atoms with E-state index in [1.54, 1.807) is 12.1 Å². The molecule has 0 saturated heterocycles. The van der Waals surface area contributed by atoms with Gasteiger partial charge < -0.3 is 10.4 Å². The summed E-state index contributed by atoms with van der Waals surface area (Å²) in [5.74, 6) is 1.03. The Morgan fingerprint density at radius 1 is 1.14 bits per heavy atom. The lowest BCUT2D eigenvalue weighted by Gasteiger charge is -2.31. The van der Waals surface area contributed by atoms with Crippen LogP contribution >= 0.6 is 0 Å². The third kappa shape index (κ3) is 3.45. The second kappa shape index (κ2) is 6.31. The predicted molar refractivity (Wildman–Crippen MR) is 86.8 cm³/mol. The van der Waals surface area contributed by atoms with Crippen molar-refractivity contribution in [3.63, 3.8) is 0 Å². The van der Waals surface area contributed by atoms with Crippen molar-refractivity contribution in [3.8, 4) is 5.75 Å². The van der Waals surface area contributed by atoms with Gasteiger partial charge >= 0.3 is 0 Å². The minimum atomic E-state index is 0.341. The zero-order chi connectivity index (χ0) is 14.7. The first kappa shape index (κ1) is 14.2. The fourth-order valence-electron chi connectivity index (χ4n) is 3.04. The molecule has 110 valence electrons. The zero-order valence-electron chi connectivity index (χ0n) is 12.5. The van der Waals surface area contributed by atoms with Crippen LogP contribution in [0.3, 0.4) is 0 Å². The van der Waals surface area contributed by atoms with E-state index < -0.39 is 0 Å². The SMILES string of the molecule is CC(CCc1ccc(O)cc1)NCC1Cc2ccccc21. The van der Waals surface area contributed by atoms with E-state index in [4.69, 9.17) is 0 Å². The average Bonchev–Trinajstić information content (AvgIpc) is 2.47. The van der Waals surface area contributed by atoms with Crippen molar-refractivity contribution >= 4 is 0 Å². The Kier molecular flexibility index (Phi) is 4.26. The molecule has 0 aromatic heterocycles. The summed E-state index contributed by atoms with van der Waals surface area (Å²) in [4.78, 5) is 0. The van der Waals surface area contributed by atoms with Gasteiger partial charge in [0.1, 0.15) is 5.75 Å². The average molecular weight is 281 g/mol. The van der Waals surface area contributed by atoms with Gasteiger partial charge in [-0.3, -0.25) is 0 Å². The molecular weight excluding hydrogens is 258 g/mol. The van der Waals surface area contributed by atoms with Crippen LogP contribution in [0.15, 0.2) is 48.5 Å². The largest absolute Gasteiger partial charge is 0.508 e. The van der Waals surface area contributed by atoms with Gasteiger partial charge in [0.25, 0.3) is 0 Å². The van der Waals surface area contributed by atoms with Crippen LogP contribution in [0.1, 0.15) is 36.0 Å². The summed E-state index contributed by atoms with van der Waals surface area (Å²) in [6.45, 7) is 3.33. The molecule has 0 aliphatic heterocycles. The molecule has 1 aliphatic carbocycles. The fraction of sp³-hybridized carbons (Fsp3) is 0.368. The third-order valence-electron chi connectivity index (χ3n) is 4.48. The lowest BCUT2D eigenvalue weighted by atomic mass is 9.77. The molecule has 0 spiro atoms. The number of fused-ring (bicyclic) bond motifs is 1. The molecule has 2 nitrogen and oxygen atoms in total. The molecule has 2 N–H and O–H groups in total. The van der Waals surface area contributed by atoms with Crippen LogP contribution in [0, 0.1) is 0 Å². The van der Waals surface area contributed by atoms with Crippen LogP contribution < -0.4 is 5.32 Å². The lowest BCUT2D eigenvalue weighted by molar-refractivity contribution is 0.460. The third-order valence-corrected chi connectivity index (χ3v) is 4.48.